The summed E-state index contributed by atoms with van der Waals surface area (Å²) in [5.74, 6) is -2.11. The molecule has 5 heteroatoms. The lowest BCUT2D eigenvalue weighted by Gasteiger charge is -2.43. The summed E-state index contributed by atoms with van der Waals surface area (Å²) < 4.78 is 0. The van der Waals surface area contributed by atoms with Crippen LogP contribution in [0.4, 0.5) is 11.4 Å². The molecule has 3 aliphatic carbocycles. The first-order chi connectivity index (χ1) is 12.1. The van der Waals surface area contributed by atoms with Crippen LogP contribution in [0.15, 0.2) is 48.5 Å². The van der Waals surface area contributed by atoms with Gasteiger partial charge in [0, 0.05) is 18.0 Å². The van der Waals surface area contributed by atoms with Gasteiger partial charge in [-0.15, -0.1) is 0 Å². The molecule has 25 heavy (non-hydrogen) atoms. The van der Waals surface area contributed by atoms with Gasteiger partial charge in [0.2, 0.25) is 11.8 Å². The third kappa shape index (κ3) is 1.75. The second-order valence-electron chi connectivity index (χ2n) is 7.04. The summed E-state index contributed by atoms with van der Waals surface area (Å²) in [7, 11) is 0. The van der Waals surface area contributed by atoms with Gasteiger partial charge >= 0.3 is 0 Å². The molecule has 2 aromatic rings. The molecule has 4 atom stereocenters. The van der Waals surface area contributed by atoms with E-state index in [1.807, 2.05) is 24.3 Å². The van der Waals surface area contributed by atoms with Crippen LogP contribution in [0.3, 0.4) is 0 Å². The maximum atomic E-state index is 13.1. The summed E-state index contributed by atoms with van der Waals surface area (Å²) in [6, 6.07) is 14.4. The van der Waals surface area contributed by atoms with Crippen molar-refractivity contribution in [3.05, 3.63) is 59.7 Å². The molecule has 2 N–H and O–H groups in total. The lowest BCUT2D eigenvalue weighted by atomic mass is 9.56. The molecule has 2 amide bonds. The Morgan fingerprint density at radius 2 is 1.48 bits per heavy atom. The zero-order valence-electron chi connectivity index (χ0n) is 13.4. The Labute approximate surface area is 144 Å². The Hall–Kier alpha value is -2.95. The van der Waals surface area contributed by atoms with E-state index in [1.54, 1.807) is 24.3 Å². The molecule has 5 nitrogen and oxygen atoms in total. The number of amides is 2. The van der Waals surface area contributed by atoms with E-state index in [0.29, 0.717) is 17.8 Å². The fraction of sp³-hybridized carbons (Fsp3) is 0.250. The molecule has 0 spiro atoms. The molecule has 1 saturated heterocycles. The molecule has 1 aliphatic heterocycles. The summed E-state index contributed by atoms with van der Waals surface area (Å²) in [4.78, 5) is 40.1. The quantitative estimate of drug-likeness (QED) is 0.641. The van der Waals surface area contributed by atoms with Gasteiger partial charge in [0.05, 0.1) is 23.4 Å². The van der Waals surface area contributed by atoms with Crippen molar-refractivity contribution in [2.24, 2.45) is 11.8 Å². The molecular formula is C20H16N2O3. The normalized spacial score (nSPS) is 29.8. The van der Waals surface area contributed by atoms with E-state index in [2.05, 4.69) is 0 Å². The predicted molar refractivity (Wildman–Crippen MR) is 91.9 cm³/mol. The Kier molecular flexibility index (Phi) is 2.76. The minimum absolute atomic E-state index is 0.0743. The number of nitrogens with zero attached hydrogens (tertiary/aromatic N) is 1. The van der Waals surface area contributed by atoms with Gasteiger partial charge in [0.15, 0.2) is 0 Å². The topological polar surface area (TPSA) is 80.5 Å². The van der Waals surface area contributed by atoms with Gasteiger partial charge in [0.25, 0.3) is 0 Å². The van der Waals surface area contributed by atoms with Crippen LogP contribution in [0.2, 0.25) is 0 Å². The average molecular weight is 332 g/mol. The van der Waals surface area contributed by atoms with E-state index in [4.69, 9.17) is 5.73 Å². The Morgan fingerprint density at radius 3 is 2.20 bits per heavy atom. The highest BCUT2D eigenvalue weighted by Crippen LogP contribution is 2.57. The number of hydrogen-bond acceptors (Lipinski definition) is 4. The molecule has 124 valence electrons. The van der Waals surface area contributed by atoms with Crippen molar-refractivity contribution in [2.45, 2.75) is 18.3 Å². The third-order valence-electron chi connectivity index (χ3n) is 5.84. The van der Waals surface area contributed by atoms with Crippen molar-refractivity contribution in [3.8, 4) is 0 Å². The highest BCUT2D eigenvalue weighted by atomic mass is 16.2. The zero-order chi connectivity index (χ0) is 17.3. The zero-order valence-corrected chi connectivity index (χ0v) is 13.4. The Bertz CT molecular complexity index is 934. The summed E-state index contributed by atoms with van der Waals surface area (Å²) in [5, 5.41) is 0. The van der Waals surface area contributed by atoms with E-state index in [-0.39, 0.29) is 23.5 Å². The van der Waals surface area contributed by atoms with Crippen molar-refractivity contribution in [1.29, 1.82) is 0 Å². The standard InChI is InChI=1S/C20H16N2O3/c21-10-5-7-11(8-6-10)22-19(24)17-14-9-15(23)16(18(17)20(22)25)13-4-2-1-3-12(13)14/h1-8,14,16-18H,9,21H2/t14-,16-,17+,18+/m0/s1. The Morgan fingerprint density at radius 1 is 0.840 bits per heavy atom. The van der Waals surface area contributed by atoms with Crippen LogP contribution in [0.1, 0.15) is 29.4 Å². The van der Waals surface area contributed by atoms with E-state index in [1.165, 1.54) is 4.90 Å². The molecule has 6 rings (SSSR count). The number of nitrogen functional groups attached to an aromatic ring is 1. The third-order valence-corrected chi connectivity index (χ3v) is 5.84. The van der Waals surface area contributed by atoms with Crippen LogP contribution in [-0.2, 0) is 14.4 Å². The Balaban J connectivity index is 1.65. The number of benzene rings is 2. The summed E-state index contributed by atoms with van der Waals surface area (Å²) in [6.45, 7) is 0. The largest absolute Gasteiger partial charge is 0.399 e. The first-order valence-corrected chi connectivity index (χ1v) is 8.43. The lowest BCUT2D eigenvalue weighted by molar-refractivity contribution is -0.134. The number of nitrogens with two attached hydrogens (primary N) is 1. The van der Waals surface area contributed by atoms with Gasteiger partial charge < -0.3 is 5.73 Å². The molecule has 1 heterocycles. The molecule has 0 aromatic heterocycles. The summed E-state index contributed by atoms with van der Waals surface area (Å²) >= 11 is 0. The molecule has 1 saturated carbocycles. The van der Waals surface area contributed by atoms with Gasteiger partial charge in [-0.1, -0.05) is 24.3 Å². The summed E-state index contributed by atoms with van der Waals surface area (Å²) in [6.07, 6.45) is 0.345. The van der Waals surface area contributed by atoms with Crippen LogP contribution in [0.25, 0.3) is 0 Å². The number of ketones is 1. The van der Waals surface area contributed by atoms with Crippen molar-refractivity contribution in [2.75, 3.05) is 10.6 Å². The molecule has 2 bridgehead atoms. The van der Waals surface area contributed by atoms with Gasteiger partial charge in [-0.3, -0.25) is 19.3 Å². The second kappa shape index (κ2) is 4.79. The first-order valence-electron chi connectivity index (χ1n) is 8.43. The van der Waals surface area contributed by atoms with Gasteiger partial charge in [0.1, 0.15) is 5.78 Å². The molecular weight excluding hydrogens is 316 g/mol. The number of Topliss-reactive ketones (excluding diaryl/α,β-unsaturated/α-hetero) is 1. The number of carbonyl (C=O) groups excluding carboxylic acids is 3. The van der Waals surface area contributed by atoms with Crippen LogP contribution in [0, 0.1) is 11.8 Å². The van der Waals surface area contributed by atoms with E-state index in [0.717, 1.165) is 11.1 Å². The fourth-order valence-electron chi connectivity index (χ4n) is 4.84. The van der Waals surface area contributed by atoms with Crippen LogP contribution in [0.5, 0.6) is 0 Å². The maximum Gasteiger partial charge on any atom is 0.238 e. The SMILES string of the molecule is Nc1ccc(N2C(=O)[C@H]3[C@H](C2=O)[C@H]2CC(=O)[C@@H]3c3ccccc32)cc1. The smallest absolute Gasteiger partial charge is 0.238 e. The average Bonchev–Trinajstić information content (AvgIpc) is 2.88. The lowest BCUT2D eigenvalue weighted by Crippen LogP contribution is -2.44. The molecule has 0 radical (unpaired) electrons. The number of hydrogen-bond donors (Lipinski definition) is 1. The van der Waals surface area contributed by atoms with Gasteiger partial charge in [-0.05, 0) is 35.4 Å². The second-order valence-corrected chi connectivity index (χ2v) is 7.04. The highest BCUT2D eigenvalue weighted by molar-refractivity contribution is 6.24. The van der Waals surface area contributed by atoms with E-state index in [9.17, 15) is 14.4 Å². The van der Waals surface area contributed by atoms with Crippen molar-refractivity contribution in [1.82, 2.24) is 0 Å². The van der Waals surface area contributed by atoms with Crippen molar-refractivity contribution in [3.63, 3.8) is 0 Å². The van der Waals surface area contributed by atoms with Crippen LogP contribution >= 0.6 is 0 Å². The van der Waals surface area contributed by atoms with Crippen LogP contribution in [-0.4, -0.2) is 17.6 Å². The van der Waals surface area contributed by atoms with Gasteiger partial charge in [-0.25, -0.2) is 0 Å². The van der Waals surface area contributed by atoms with Crippen molar-refractivity contribution < 1.29 is 14.4 Å². The number of rotatable bonds is 1. The summed E-state index contributed by atoms with van der Waals surface area (Å²) in [5.41, 5.74) is 8.77. The first kappa shape index (κ1) is 14.4. The number of anilines is 2. The molecule has 0 unspecified atom stereocenters. The van der Waals surface area contributed by atoms with E-state index < -0.39 is 17.8 Å². The van der Waals surface area contributed by atoms with Crippen LogP contribution < -0.4 is 10.6 Å². The number of fused-ring (bicyclic) bond motifs is 1. The fourth-order valence-corrected chi connectivity index (χ4v) is 4.84. The van der Waals surface area contributed by atoms with Gasteiger partial charge in [-0.2, -0.15) is 0 Å². The molecule has 2 fully saturated rings. The monoisotopic (exact) mass is 332 g/mol. The number of carbonyl (C=O) groups is 3. The minimum atomic E-state index is -0.578. The minimum Gasteiger partial charge on any atom is -0.399 e. The number of imide groups is 1. The van der Waals surface area contributed by atoms with E-state index >= 15 is 0 Å². The van der Waals surface area contributed by atoms with Crippen molar-refractivity contribution >= 4 is 29.0 Å². The predicted octanol–water partition coefficient (Wildman–Crippen LogP) is 2.23. The maximum absolute atomic E-state index is 13.1. The highest BCUT2D eigenvalue weighted by Gasteiger charge is 2.62. The molecule has 4 aliphatic rings. The molecule has 2 aromatic carbocycles.